The molecule has 1 saturated heterocycles. The molecule has 1 N–H and O–H groups in total. The topological polar surface area (TPSA) is 58.4 Å². The molecule has 0 aliphatic carbocycles. The second-order valence-corrected chi connectivity index (χ2v) is 4.07. The van der Waals surface area contributed by atoms with Crippen molar-refractivity contribution in [3.8, 4) is 0 Å². The molecule has 0 spiro atoms. The lowest BCUT2D eigenvalue weighted by Crippen LogP contribution is -2.42. The van der Waals surface area contributed by atoms with Crippen LogP contribution < -0.4 is 5.32 Å². The Kier molecular flexibility index (Phi) is 3.44. The van der Waals surface area contributed by atoms with E-state index in [1.807, 2.05) is 11.8 Å². The SMILES string of the molecule is Cc1cnc(CNC(=O)N2CCCCC2)o1. The van der Waals surface area contributed by atoms with Gasteiger partial charge in [-0.05, 0) is 26.2 Å². The fourth-order valence-electron chi connectivity index (χ4n) is 1.84. The number of carbonyl (C=O) groups is 1. The quantitative estimate of drug-likeness (QED) is 0.829. The van der Waals surface area contributed by atoms with E-state index in [1.165, 1.54) is 6.42 Å². The summed E-state index contributed by atoms with van der Waals surface area (Å²) in [5, 5.41) is 2.81. The van der Waals surface area contributed by atoms with E-state index in [0.29, 0.717) is 12.4 Å². The predicted molar refractivity (Wildman–Crippen MR) is 58.9 cm³/mol. The van der Waals surface area contributed by atoms with Crippen molar-refractivity contribution in [1.82, 2.24) is 15.2 Å². The molecule has 1 aliphatic rings. The largest absolute Gasteiger partial charge is 0.444 e. The Labute approximate surface area is 94.8 Å². The summed E-state index contributed by atoms with van der Waals surface area (Å²) in [6, 6.07) is -0.0180. The molecule has 0 saturated carbocycles. The summed E-state index contributed by atoms with van der Waals surface area (Å²) in [5.41, 5.74) is 0. The Morgan fingerprint density at radius 3 is 2.88 bits per heavy atom. The molecule has 0 unspecified atom stereocenters. The third-order valence-electron chi connectivity index (χ3n) is 2.70. The van der Waals surface area contributed by atoms with Gasteiger partial charge in [-0.15, -0.1) is 0 Å². The van der Waals surface area contributed by atoms with Gasteiger partial charge >= 0.3 is 6.03 Å². The Balaban J connectivity index is 1.78. The smallest absolute Gasteiger partial charge is 0.317 e. The van der Waals surface area contributed by atoms with Crippen LogP contribution in [0.5, 0.6) is 0 Å². The first kappa shape index (κ1) is 11.0. The van der Waals surface area contributed by atoms with Crippen molar-refractivity contribution in [2.75, 3.05) is 13.1 Å². The van der Waals surface area contributed by atoms with Crippen LogP contribution in [0.2, 0.25) is 0 Å². The number of piperidine rings is 1. The molecule has 88 valence electrons. The molecule has 1 fully saturated rings. The summed E-state index contributed by atoms with van der Waals surface area (Å²) in [6.45, 7) is 3.92. The van der Waals surface area contributed by atoms with Gasteiger partial charge in [-0.2, -0.15) is 0 Å². The summed E-state index contributed by atoms with van der Waals surface area (Å²) < 4.78 is 5.28. The van der Waals surface area contributed by atoms with Gasteiger partial charge in [-0.1, -0.05) is 0 Å². The number of oxazole rings is 1. The highest BCUT2D eigenvalue weighted by Gasteiger charge is 2.16. The zero-order valence-electron chi connectivity index (χ0n) is 9.53. The highest BCUT2D eigenvalue weighted by atomic mass is 16.4. The lowest BCUT2D eigenvalue weighted by molar-refractivity contribution is 0.185. The second kappa shape index (κ2) is 5.01. The molecule has 0 atom stereocenters. The molecule has 2 amide bonds. The average molecular weight is 223 g/mol. The summed E-state index contributed by atoms with van der Waals surface area (Å²) >= 11 is 0. The summed E-state index contributed by atoms with van der Waals surface area (Å²) in [6.07, 6.45) is 5.09. The van der Waals surface area contributed by atoms with E-state index in [4.69, 9.17) is 4.42 Å². The first-order valence-electron chi connectivity index (χ1n) is 5.70. The average Bonchev–Trinajstić information content (AvgIpc) is 2.73. The Morgan fingerprint density at radius 1 is 1.50 bits per heavy atom. The van der Waals surface area contributed by atoms with Crippen molar-refractivity contribution in [3.63, 3.8) is 0 Å². The van der Waals surface area contributed by atoms with Gasteiger partial charge in [-0.25, -0.2) is 9.78 Å². The lowest BCUT2D eigenvalue weighted by Gasteiger charge is -2.26. The monoisotopic (exact) mass is 223 g/mol. The highest BCUT2D eigenvalue weighted by molar-refractivity contribution is 5.74. The zero-order chi connectivity index (χ0) is 11.4. The maximum absolute atomic E-state index is 11.7. The molecular weight excluding hydrogens is 206 g/mol. The molecule has 0 aromatic carbocycles. The molecule has 2 rings (SSSR count). The number of rotatable bonds is 2. The van der Waals surface area contributed by atoms with Crippen LogP contribution in [0.4, 0.5) is 4.79 Å². The van der Waals surface area contributed by atoms with E-state index < -0.39 is 0 Å². The first-order valence-corrected chi connectivity index (χ1v) is 5.70. The normalized spacial score (nSPS) is 16.2. The Hall–Kier alpha value is -1.52. The predicted octanol–water partition coefficient (Wildman–Crippen LogP) is 1.68. The minimum atomic E-state index is -0.0180. The van der Waals surface area contributed by atoms with Gasteiger partial charge in [0.25, 0.3) is 0 Å². The maximum atomic E-state index is 11.7. The number of nitrogens with one attached hydrogen (secondary N) is 1. The number of hydrogen-bond donors (Lipinski definition) is 1. The molecule has 2 heterocycles. The Morgan fingerprint density at radius 2 is 2.25 bits per heavy atom. The van der Waals surface area contributed by atoms with Crippen molar-refractivity contribution in [1.29, 1.82) is 0 Å². The van der Waals surface area contributed by atoms with E-state index in [0.717, 1.165) is 31.7 Å². The summed E-state index contributed by atoms with van der Waals surface area (Å²) in [5.74, 6) is 1.32. The molecule has 1 aromatic rings. The summed E-state index contributed by atoms with van der Waals surface area (Å²) in [4.78, 5) is 17.6. The molecule has 1 aliphatic heterocycles. The maximum Gasteiger partial charge on any atom is 0.317 e. The number of urea groups is 1. The van der Waals surface area contributed by atoms with Crippen LogP contribution in [-0.4, -0.2) is 29.0 Å². The van der Waals surface area contributed by atoms with E-state index in [-0.39, 0.29) is 6.03 Å². The molecule has 16 heavy (non-hydrogen) atoms. The number of amides is 2. The van der Waals surface area contributed by atoms with Gasteiger partial charge in [0.1, 0.15) is 5.76 Å². The van der Waals surface area contributed by atoms with Crippen LogP contribution in [0.25, 0.3) is 0 Å². The van der Waals surface area contributed by atoms with Gasteiger partial charge in [0.2, 0.25) is 5.89 Å². The molecular formula is C11H17N3O2. The minimum absolute atomic E-state index is 0.0180. The number of likely N-dealkylation sites (tertiary alicyclic amines) is 1. The third kappa shape index (κ3) is 2.74. The van der Waals surface area contributed by atoms with Crippen LogP contribution in [0, 0.1) is 6.92 Å². The molecule has 5 heteroatoms. The minimum Gasteiger partial charge on any atom is -0.444 e. The van der Waals surface area contributed by atoms with Gasteiger partial charge in [0.15, 0.2) is 0 Å². The molecule has 0 radical (unpaired) electrons. The van der Waals surface area contributed by atoms with Crippen molar-refractivity contribution >= 4 is 6.03 Å². The van der Waals surface area contributed by atoms with Crippen LogP contribution in [0.3, 0.4) is 0 Å². The van der Waals surface area contributed by atoms with Crippen molar-refractivity contribution in [2.45, 2.75) is 32.7 Å². The van der Waals surface area contributed by atoms with E-state index >= 15 is 0 Å². The number of aromatic nitrogens is 1. The standard InChI is InChI=1S/C11H17N3O2/c1-9-7-12-10(16-9)8-13-11(15)14-5-3-2-4-6-14/h7H,2-6,8H2,1H3,(H,13,15). The number of hydrogen-bond acceptors (Lipinski definition) is 3. The van der Waals surface area contributed by atoms with E-state index in [2.05, 4.69) is 10.3 Å². The van der Waals surface area contributed by atoms with Crippen molar-refractivity contribution in [2.24, 2.45) is 0 Å². The zero-order valence-corrected chi connectivity index (χ0v) is 9.53. The summed E-state index contributed by atoms with van der Waals surface area (Å²) in [7, 11) is 0. The van der Waals surface area contributed by atoms with Gasteiger partial charge in [0.05, 0.1) is 12.7 Å². The van der Waals surface area contributed by atoms with Gasteiger partial charge < -0.3 is 14.6 Å². The molecule has 1 aromatic heterocycles. The first-order chi connectivity index (χ1) is 7.75. The number of carbonyl (C=O) groups excluding carboxylic acids is 1. The van der Waals surface area contributed by atoms with E-state index in [1.54, 1.807) is 6.20 Å². The molecule has 0 bridgehead atoms. The molecule has 5 nitrogen and oxygen atoms in total. The van der Waals surface area contributed by atoms with Crippen LogP contribution in [0.1, 0.15) is 30.9 Å². The third-order valence-corrected chi connectivity index (χ3v) is 2.70. The number of aryl methyl sites for hydroxylation is 1. The van der Waals surface area contributed by atoms with Crippen LogP contribution in [-0.2, 0) is 6.54 Å². The highest BCUT2D eigenvalue weighted by Crippen LogP contribution is 2.08. The van der Waals surface area contributed by atoms with Crippen molar-refractivity contribution in [3.05, 3.63) is 17.8 Å². The van der Waals surface area contributed by atoms with Crippen molar-refractivity contribution < 1.29 is 9.21 Å². The van der Waals surface area contributed by atoms with Gasteiger partial charge in [0, 0.05) is 13.1 Å². The Bertz CT molecular complexity index is 356. The fourth-order valence-corrected chi connectivity index (χ4v) is 1.84. The van der Waals surface area contributed by atoms with Gasteiger partial charge in [-0.3, -0.25) is 0 Å². The van der Waals surface area contributed by atoms with Crippen LogP contribution >= 0.6 is 0 Å². The van der Waals surface area contributed by atoms with E-state index in [9.17, 15) is 4.79 Å². The lowest BCUT2D eigenvalue weighted by atomic mass is 10.1. The number of nitrogens with zero attached hydrogens (tertiary/aromatic N) is 2. The fraction of sp³-hybridized carbons (Fsp3) is 0.636. The second-order valence-electron chi connectivity index (χ2n) is 4.07. The van der Waals surface area contributed by atoms with Crippen LogP contribution in [0.15, 0.2) is 10.6 Å².